The third-order valence-electron chi connectivity index (χ3n) is 7.34. The summed E-state index contributed by atoms with van der Waals surface area (Å²) in [6, 6.07) is 11.3. The number of piperazine rings is 1. The van der Waals surface area contributed by atoms with E-state index < -0.39 is 22.4 Å². The number of nitrogens with one attached hydrogen (secondary N) is 2. The Morgan fingerprint density at radius 1 is 1.00 bits per heavy atom. The predicted molar refractivity (Wildman–Crippen MR) is 145 cm³/mol. The quantitative estimate of drug-likeness (QED) is 0.348. The summed E-state index contributed by atoms with van der Waals surface area (Å²) in [7, 11) is 0. The molecule has 12 heteroatoms. The van der Waals surface area contributed by atoms with E-state index in [9.17, 15) is 28.1 Å². The van der Waals surface area contributed by atoms with Crippen molar-refractivity contribution in [2.75, 3.05) is 67.9 Å². The van der Waals surface area contributed by atoms with Crippen LogP contribution < -0.4 is 15.5 Å². The average molecular weight is 549 g/mol. The van der Waals surface area contributed by atoms with E-state index in [4.69, 9.17) is 0 Å². The third-order valence-corrected chi connectivity index (χ3v) is 7.34. The minimum atomic E-state index is -4.82. The average Bonchev–Trinajstić information content (AvgIpc) is 2.92. The van der Waals surface area contributed by atoms with Crippen LogP contribution in [0.2, 0.25) is 0 Å². The van der Waals surface area contributed by atoms with E-state index in [1.165, 1.54) is 11.8 Å². The van der Waals surface area contributed by atoms with Gasteiger partial charge in [0.05, 0.1) is 4.92 Å². The number of likely N-dealkylation sites (tertiary alicyclic amines) is 1. The van der Waals surface area contributed by atoms with Crippen LogP contribution in [0.15, 0.2) is 42.5 Å². The summed E-state index contributed by atoms with van der Waals surface area (Å²) in [5.41, 5.74) is 0.263. The molecule has 0 spiro atoms. The van der Waals surface area contributed by atoms with Crippen LogP contribution in [0.5, 0.6) is 0 Å². The molecule has 0 aliphatic carbocycles. The monoisotopic (exact) mass is 548 g/mol. The zero-order chi connectivity index (χ0) is 28.0. The molecule has 2 aliphatic rings. The molecule has 2 aliphatic heterocycles. The van der Waals surface area contributed by atoms with Crippen molar-refractivity contribution in [2.24, 2.45) is 0 Å². The molecule has 2 N–H and O–H groups in total. The van der Waals surface area contributed by atoms with Crippen molar-refractivity contribution in [2.45, 2.75) is 38.4 Å². The smallest absolute Gasteiger partial charge is 0.385 e. The molecule has 2 saturated heterocycles. The van der Waals surface area contributed by atoms with E-state index in [1.807, 2.05) is 4.90 Å². The van der Waals surface area contributed by atoms with Gasteiger partial charge >= 0.3 is 6.18 Å². The molecule has 0 bridgehead atoms. The van der Waals surface area contributed by atoms with Crippen molar-refractivity contribution in [1.29, 1.82) is 0 Å². The molecule has 0 radical (unpaired) electrons. The molecule has 2 heterocycles. The second-order valence-electron chi connectivity index (χ2n) is 9.94. The van der Waals surface area contributed by atoms with Crippen LogP contribution in [0.1, 0.15) is 31.7 Å². The summed E-state index contributed by atoms with van der Waals surface area (Å²) in [5, 5.41) is 17.3. The van der Waals surface area contributed by atoms with E-state index in [0.717, 1.165) is 50.5 Å². The summed E-state index contributed by atoms with van der Waals surface area (Å²) >= 11 is 0. The maximum atomic E-state index is 13.3. The highest BCUT2D eigenvalue weighted by Gasteiger charge is 2.38. The molecular formula is C27H35F3N6O3. The molecule has 39 heavy (non-hydrogen) atoms. The number of nitro benzene ring substituents is 1. The normalized spacial score (nSPS) is 17.2. The second-order valence-corrected chi connectivity index (χ2v) is 9.94. The maximum Gasteiger partial charge on any atom is 0.423 e. The number of carbonyl (C=O) groups is 1. The Hall–Kier alpha value is -3.54. The minimum Gasteiger partial charge on any atom is -0.385 e. The van der Waals surface area contributed by atoms with Crippen molar-refractivity contribution < 1.29 is 22.9 Å². The summed E-state index contributed by atoms with van der Waals surface area (Å²) < 4.78 is 39.8. The number of nitrogens with zero attached hydrogens (tertiary/aromatic N) is 4. The molecule has 9 nitrogen and oxygen atoms in total. The number of alkyl halides is 3. The predicted octanol–water partition coefficient (Wildman–Crippen LogP) is 4.66. The van der Waals surface area contributed by atoms with Crippen LogP contribution in [0.4, 0.5) is 35.9 Å². The first-order valence-electron chi connectivity index (χ1n) is 13.3. The van der Waals surface area contributed by atoms with Crippen LogP contribution >= 0.6 is 0 Å². The lowest BCUT2D eigenvalue weighted by Gasteiger charge is -2.37. The standard InChI is InChI=1S/C27H35F3N6O3/c1-2-31-20-3-6-23(7-4-20)34-17-15-33(16-18-34)12-11-26(37)35-13-9-21(10-14-35)32-22-5-8-25(36(38)39)24(19-22)27(28,29)30/h3-8,19,21,31-32H,2,9-18H2,1H3. The summed E-state index contributed by atoms with van der Waals surface area (Å²) in [6.45, 7) is 8.30. The topological polar surface area (TPSA) is 94.0 Å². The van der Waals surface area contributed by atoms with Crippen molar-refractivity contribution in [3.63, 3.8) is 0 Å². The number of amides is 1. The lowest BCUT2D eigenvalue weighted by atomic mass is 10.0. The molecule has 4 rings (SSSR count). The fourth-order valence-corrected chi connectivity index (χ4v) is 5.16. The number of hydrogen-bond acceptors (Lipinski definition) is 7. The Balaban J connectivity index is 1.19. The Morgan fingerprint density at radius 2 is 1.64 bits per heavy atom. The van der Waals surface area contributed by atoms with Gasteiger partial charge in [0.2, 0.25) is 5.91 Å². The van der Waals surface area contributed by atoms with Gasteiger partial charge in [-0.2, -0.15) is 13.2 Å². The van der Waals surface area contributed by atoms with Gasteiger partial charge in [-0.3, -0.25) is 19.8 Å². The summed E-state index contributed by atoms with van der Waals surface area (Å²) in [5.74, 6) is 0.0876. The van der Waals surface area contributed by atoms with Crippen molar-refractivity contribution >= 4 is 28.7 Å². The van der Waals surface area contributed by atoms with Crippen molar-refractivity contribution in [1.82, 2.24) is 9.80 Å². The molecule has 212 valence electrons. The number of nitro groups is 1. The van der Waals surface area contributed by atoms with Gasteiger partial charge < -0.3 is 20.4 Å². The lowest BCUT2D eigenvalue weighted by molar-refractivity contribution is -0.388. The second kappa shape index (κ2) is 12.5. The van der Waals surface area contributed by atoms with E-state index in [2.05, 4.69) is 51.6 Å². The van der Waals surface area contributed by atoms with Crippen molar-refractivity contribution in [3.05, 3.63) is 58.1 Å². The lowest BCUT2D eigenvalue weighted by Crippen LogP contribution is -2.48. The van der Waals surface area contributed by atoms with Gasteiger partial charge in [0, 0.05) is 87.9 Å². The number of anilines is 3. The van der Waals surface area contributed by atoms with Crippen LogP contribution in [0.25, 0.3) is 0 Å². The number of benzene rings is 2. The molecule has 2 aromatic carbocycles. The summed E-state index contributed by atoms with van der Waals surface area (Å²) in [6.07, 6.45) is -3.20. The number of hydrogen-bond donors (Lipinski definition) is 2. The first-order valence-corrected chi connectivity index (χ1v) is 13.3. The first kappa shape index (κ1) is 28.5. The van der Waals surface area contributed by atoms with Crippen LogP contribution in [0, 0.1) is 10.1 Å². The highest BCUT2D eigenvalue weighted by Crippen LogP contribution is 2.38. The van der Waals surface area contributed by atoms with Gasteiger partial charge in [-0.15, -0.1) is 0 Å². The van der Waals surface area contributed by atoms with Crippen molar-refractivity contribution in [3.8, 4) is 0 Å². The van der Waals surface area contributed by atoms with Gasteiger partial charge in [0.1, 0.15) is 5.56 Å². The van der Waals surface area contributed by atoms with Gasteiger partial charge in [0.25, 0.3) is 5.69 Å². The number of rotatable bonds is 9. The zero-order valence-electron chi connectivity index (χ0n) is 22.0. The highest BCUT2D eigenvalue weighted by molar-refractivity contribution is 5.76. The zero-order valence-corrected chi connectivity index (χ0v) is 22.0. The number of carbonyl (C=O) groups excluding carboxylic acids is 1. The Labute approximate surface area is 226 Å². The molecule has 2 fully saturated rings. The van der Waals surface area contributed by atoms with Crippen LogP contribution in [0.3, 0.4) is 0 Å². The minimum absolute atomic E-state index is 0.0876. The Bertz CT molecular complexity index is 1130. The Kier molecular flexibility index (Phi) is 9.16. The van der Waals surface area contributed by atoms with E-state index in [0.29, 0.717) is 38.9 Å². The van der Waals surface area contributed by atoms with Gasteiger partial charge in [-0.05, 0) is 56.2 Å². The van der Waals surface area contributed by atoms with E-state index in [1.54, 1.807) is 0 Å². The summed E-state index contributed by atoms with van der Waals surface area (Å²) in [4.78, 5) is 29.2. The Morgan fingerprint density at radius 3 is 2.23 bits per heavy atom. The SMILES string of the molecule is CCNc1ccc(N2CCN(CCC(=O)N3CCC(Nc4ccc([N+](=O)[O-])c(C(F)(F)F)c4)CC3)CC2)cc1. The van der Waals surface area contributed by atoms with Gasteiger partial charge in [0.15, 0.2) is 0 Å². The molecule has 0 aromatic heterocycles. The van der Waals surface area contributed by atoms with E-state index in [-0.39, 0.29) is 17.6 Å². The molecular weight excluding hydrogens is 513 g/mol. The number of halogens is 3. The molecule has 0 atom stereocenters. The largest absolute Gasteiger partial charge is 0.423 e. The first-order chi connectivity index (χ1) is 18.6. The molecule has 0 saturated carbocycles. The molecule has 2 aromatic rings. The van der Waals surface area contributed by atoms with Gasteiger partial charge in [-0.25, -0.2) is 0 Å². The van der Waals surface area contributed by atoms with Gasteiger partial charge in [-0.1, -0.05) is 0 Å². The van der Waals surface area contributed by atoms with Crippen LogP contribution in [-0.4, -0.2) is 79.0 Å². The molecule has 1 amide bonds. The van der Waals surface area contributed by atoms with Crippen LogP contribution in [-0.2, 0) is 11.0 Å². The fraction of sp³-hybridized carbons (Fsp3) is 0.519. The molecule has 0 unspecified atom stereocenters. The third kappa shape index (κ3) is 7.53. The fourth-order valence-electron chi connectivity index (χ4n) is 5.16. The highest BCUT2D eigenvalue weighted by atomic mass is 19.4. The van der Waals surface area contributed by atoms with E-state index >= 15 is 0 Å². The number of piperidine rings is 1. The maximum absolute atomic E-state index is 13.3.